The highest BCUT2D eigenvalue weighted by Crippen LogP contribution is 2.30. The minimum absolute atomic E-state index is 0.482. The highest BCUT2D eigenvalue weighted by atomic mass is 19.4. The summed E-state index contributed by atoms with van der Waals surface area (Å²) in [4.78, 5) is 0. The molecule has 0 unspecified atom stereocenters. The molecule has 1 atom stereocenters. The molecule has 2 rings (SSSR count). The van der Waals surface area contributed by atoms with Gasteiger partial charge in [-0.3, -0.25) is 0 Å². The molecule has 0 amide bonds. The molecule has 1 N–H and O–H groups in total. The van der Waals surface area contributed by atoms with Crippen LogP contribution in [0.4, 0.5) is 13.2 Å². The van der Waals surface area contributed by atoms with Crippen LogP contribution in [0.25, 0.3) is 0 Å². The lowest BCUT2D eigenvalue weighted by Gasteiger charge is -2.12. The number of hydrogen-bond acceptors (Lipinski definition) is 1. The third kappa shape index (κ3) is 3.84. The maximum Gasteiger partial charge on any atom is 0.416 e. The minimum Gasteiger partial charge on any atom is -0.388 e. The Morgan fingerprint density at radius 3 is 2.05 bits per heavy atom. The molecule has 4 heteroatoms. The fourth-order valence-corrected chi connectivity index (χ4v) is 2.01. The predicted octanol–water partition coefficient (Wildman–Crippen LogP) is 4.37. The standard InChI is InChI=1S/C16H15F3O/c17-16(18,19)14-9-7-13(8-10-14)15(20)11-6-12-4-2-1-3-5-12/h1-5,7-10,15,20H,6,11H2/t15-/m1/s1. The summed E-state index contributed by atoms with van der Waals surface area (Å²) in [7, 11) is 0. The number of rotatable bonds is 4. The Morgan fingerprint density at radius 2 is 1.50 bits per heavy atom. The maximum atomic E-state index is 12.4. The zero-order valence-corrected chi connectivity index (χ0v) is 10.8. The van der Waals surface area contributed by atoms with E-state index in [4.69, 9.17) is 0 Å². The van der Waals surface area contributed by atoms with E-state index in [1.54, 1.807) is 0 Å². The number of aliphatic hydroxyl groups is 1. The summed E-state index contributed by atoms with van der Waals surface area (Å²) in [5.41, 5.74) is 0.906. The third-order valence-electron chi connectivity index (χ3n) is 3.17. The molecule has 0 saturated heterocycles. The normalized spacial score (nSPS) is 13.2. The Hall–Kier alpha value is -1.81. The van der Waals surface area contributed by atoms with Crippen LogP contribution in [-0.4, -0.2) is 5.11 Å². The van der Waals surface area contributed by atoms with Gasteiger partial charge >= 0.3 is 6.18 Å². The Morgan fingerprint density at radius 1 is 0.900 bits per heavy atom. The molecule has 0 fully saturated rings. The molecule has 0 aliphatic rings. The quantitative estimate of drug-likeness (QED) is 0.881. The van der Waals surface area contributed by atoms with Crippen LogP contribution in [0.3, 0.4) is 0 Å². The van der Waals surface area contributed by atoms with Gasteiger partial charge in [0.1, 0.15) is 0 Å². The van der Waals surface area contributed by atoms with Gasteiger partial charge in [0.05, 0.1) is 11.7 Å². The highest BCUT2D eigenvalue weighted by Gasteiger charge is 2.30. The van der Waals surface area contributed by atoms with Gasteiger partial charge in [-0.1, -0.05) is 42.5 Å². The summed E-state index contributed by atoms with van der Waals surface area (Å²) >= 11 is 0. The van der Waals surface area contributed by atoms with E-state index < -0.39 is 17.8 Å². The molecule has 0 spiro atoms. The second kappa shape index (κ2) is 6.09. The summed E-state index contributed by atoms with van der Waals surface area (Å²) in [6.07, 6.45) is -3.93. The van der Waals surface area contributed by atoms with Crippen LogP contribution < -0.4 is 0 Å². The summed E-state index contributed by atoms with van der Waals surface area (Å²) < 4.78 is 37.3. The molecule has 0 heterocycles. The van der Waals surface area contributed by atoms with Crippen LogP contribution in [0.15, 0.2) is 54.6 Å². The van der Waals surface area contributed by atoms with E-state index in [9.17, 15) is 18.3 Å². The molecular weight excluding hydrogens is 265 g/mol. The predicted molar refractivity (Wildman–Crippen MR) is 71.2 cm³/mol. The van der Waals surface area contributed by atoms with Gasteiger partial charge in [-0.25, -0.2) is 0 Å². The van der Waals surface area contributed by atoms with E-state index in [1.165, 1.54) is 12.1 Å². The van der Waals surface area contributed by atoms with E-state index >= 15 is 0 Å². The Labute approximate surface area is 115 Å². The SMILES string of the molecule is O[C@H](CCc1ccccc1)c1ccc(C(F)(F)F)cc1. The fourth-order valence-electron chi connectivity index (χ4n) is 2.01. The first-order valence-electron chi connectivity index (χ1n) is 6.36. The molecular formula is C16H15F3O. The van der Waals surface area contributed by atoms with Gasteiger partial charge in [0.25, 0.3) is 0 Å². The lowest BCUT2D eigenvalue weighted by Crippen LogP contribution is -2.06. The van der Waals surface area contributed by atoms with E-state index in [-0.39, 0.29) is 0 Å². The van der Waals surface area contributed by atoms with Gasteiger partial charge in [-0.05, 0) is 36.1 Å². The van der Waals surface area contributed by atoms with Gasteiger partial charge in [0.2, 0.25) is 0 Å². The van der Waals surface area contributed by atoms with Crippen molar-refractivity contribution in [2.75, 3.05) is 0 Å². The van der Waals surface area contributed by atoms with E-state index in [1.807, 2.05) is 30.3 Å². The van der Waals surface area contributed by atoms with Crippen LogP contribution in [0, 0.1) is 0 Å². The van der Waals surface area contributed by atoms with Crippen LogP contribution in [-0.2, 0) is 12.6 Å². The molecule has 0 aliphatic carbocycles. The first kappa shape index (κ1) is 14.6. The number of hydrogen-bond donors (Lipinski definition) is 1. The minimum atomic E-state index is -4.34. The topological polar surface area (TPSA) is 20.2 Å². The molecule has 0 aliphatic heterocycles. The largest absolute Gasteiger partial charge is 0.416 e. The first-order chi connectivity index (χ1) is 9.47. The zero-order valence-electron chi connectivity index (χ0n) is 10.8. The van der Waals surface area contributed by atoms with Crippen molar-refractivity contribution in [2.24, 2.45) is 0 Å². The molecule has 2 aromatic carbocycles. The maximum absolute atomic E-state index is 12.4. The van der Waals surface area contributed by atoms with Crippen LogP contribution in [0.2, 0.25) is 0 Å². The van der Waals surface area contributed by atoms with Crippen molar-refractivity contribution in [2.45, 2.75) is 25.1 Å². The molecule has 0 bridgehead atoms. The molecule has 2 aromatic rings. The molecule has 0 aromatic heterocycles. The average Bonchev–Trinajstić information content (AvgIpc) is 2.45. The van der Waals surface area contributed by atoms with Gasteiger partial charge in [-0.15, -0.1) is 0 Å². The number of aliphatic hydroxyl groups excluding tert-OH is 1. The summed E-state index contributed by atoms with van der Waals surface area (Å²) in [5, 5.41) is 9.99. The van der Waals surface area contributed by atoms with Crippen molar-refractivity contribution < 1.29 is 18.3 Å². The molecule has 1 nitrogen and oxygen atoms in total. The van der Waals surface area contributed by atoms with Crippen LogP contribution >= 0.6 is 0 Å². The van der Waals surface area contributed by atoms with E-state index in [0.717, 1.165) is 17.7 Å². The zero-order chi connectivity index (χ0) is 14.6. The van der Waals surface area contributed by atoms with Crippen molar-refractivity contribution in [3.05, 3.63) is 71.3 Å². The number of alkyl halides is 3. The second-order valence-corrected chi connectivity index (χ2v) is 4.66. The Kier molecular flexibility index (Phi) is 4.45. The number of aryl methyl sites for hydroxylation is 1. The van der Waals surface area contributed by atoms with Gasteiger partial charge in [-0.2, -0.15) is 13.2 Å². The fraction of sp³-hybridized carbons (Fsp3) is 0.250. The van der Waals surface area contributed by atoms with Crippen molar-refractivity contribution >= 4 is 0 Å². The van der Waals surface area contributed by atoms with Crippen molar-refractivity contribution in [3.63, 3.8) is 0 Å². The van der Waals surface area contributed by atoms with Crippen molar-refractivity contribution in [1.82, 2.24) is 0 Å². The van der Waals surface area contributed by atoms with E-state index in [0.29, 0.717) is 18.4 Å². The van der Waals surface area contributed by atoms with Crippen molar-refractivity contribution in [3.8, 4) is 0 Å². The molecule has 0 saturated carbocycles. The summed E-state index contributed by atoms with van der Waals surface area (Å²) in [5.74, 6) is 0. The molecule has 20 heavy (non-hydrogen) atoms. The van der Waals surface area contributed by atoms with Crippen LogP contribution in [0.5, 0.6) is 0 Å². The molecule has 106 valence electrons. The number of halogens is 3. The van der Waals surface area contributed by atoms with Gasteiger partial charge < -0.3 is 5.11 Å². The van der Waals surface area contributed by atoms with Gasteiger partial charge in [0, 0.05) is 0 Å². The van der Waals surface area contributed by atoms with Gasteiger partial charge in [0.15, 0.2) is 0 Å². The number of benzene rings is 2. The Balaban J connectivity index is 1.97. The van der Waals surface area contributed by atoms with Crippen molar-refractivity contribution in [1.29, 1.82) is 0 Å². The third-order valence-corrected chi connectivity index (χ3v) is 3.17. The smallest absolute Gasteiger partial charge is 0.388 e. The first-order valence-corrected chi connectivity index (χ1v) is 6.36. The van der Waals surface area contributed by atoms with E-state index in [2.05, 4.69) is 0 Å². The highest BCUT2D eigenvalue weighted by molar-refractivity contribution is 5.26. The monoisotopic (exact) mass is 280 g/mol. The lowest BCUT2D eigenvalue weighted by atomic mass is 10.0. The summed E-state index contributed by atoms with van der Waals surface area (Å²) in [6.45, 7) is 0. The Bertz CT molecular complexity index is 532. The second-order valence-electron chi connectivity index (χ2n) is 4.66. The summed E-state index contributed by atoms with van der Waals surface area (Å²) in [6, 6.07) is 14.3. The van der Waals surface area contributed by atoms with Crippen LogP contribution in [0.1, 0.15) is 29.2 Å². The molecule has 0 radical (unpaired) electrons. The average molecular weight is 280 g/mol. The lowest BCUT2D eigenvalue weighted by molar-refractivity contribution is -0.137.